The van der Waals surface area contributed by atoms with Crippen molar-refractivity contribution in [2.24, 2.45) is 0 Å². The zero-order valence-corrected chi connectivity index (χ0v) is 17.0. The highest BCUT2D eigenvalue weighted by atomic mass is 32.2. The van der Waals surface area contributed by atoms with Crippen molar-refractivity contribution in [1.82, 2.24) is 0 Å². The lowest BCUT2D eigenvalue weighted by atomic mass is 10.1. The van der Waals surface area contributed by atoms with Crippen molar-refractivity contribution in [1.29, 1.82) is 0 Å². The van der Waals surface area contributed by atoms with Gasteiger partial charge in [-0.25, -0.2) is 16.8 Å². The topological polar surface area (TPSA) is 113 Å². The fraction of sp³-hybridized carbons (Fsp3) is 0.235. The van der Waals surface area contributed by atoms with Gasteiger partial charge in [0.05, 0.1) is 23.9 Å². The second-order valence-electron chi connectivity index (χ2n) is 6.14. The van der Waals surface area contributed by atoms with Gasteiger partial charge in [0.2, 0.25) is 20.0 Å². The highest BCUT2D eigenvalue weighted by Gasteiger charge is 2.14. The lowest BCUT2D eigenvalue weighted by Gasteiger charge is -2.17. The molecule has 2 aromatic rings. The fourth-order valence-electron chi connectivity index (χ4n) is 2.25. The Hall–Kier alpha value is -2.59. The van der Waals surface area contributed by atoms with Crippen LogP contribution in [0.25, 0.3) is 0 Å². The predicted octanol–water partition coefficient (Wildman–Crippen LogP) is 2.01. The minimum absolute atomic E-state index is 0.258. The zero-order valence-electron chi connectivity index (χ0n) is 15.3. The first-order valence-electron chi connectivity index (χ1n) is 7.80. The smallest absolute Gasteiger partial charge is 0.255 e. The fourth-order valence-corrected chi connectivity index (χ4v) is 3.36. The van der Waals surface area contributed by atoms with E-state index in [-0.39, 0.29) is 5.56 Å². The van der Waals surface area contributed by atoms with Gasteiger partial charge in [0.25, 0.3) is 5.91 Å². The first kappa shape index (κ1) is 20.7. The minimum Gasteiger partial charge on any atom is -0.322 e. The van der Waals surface area contributed by atoms with Crippen molar-refractivity contribution in [3.63, 3.8) is 0 Å². The summed E-state index contributed by atoms with van der Waals surface area (Å²) in [6, 6.07) is 11.0. The van der Waals surface area contributed by atoms with Crippen molar-refractivity contribution in [2.45, 2.75) is 6.92 Å². The van der Waals surface area contributed by atoms with Crippen molar-refractivity contribution >= 4 is 43.0 Å². The number of anilines is 3. The number of aryl methyl sites for hydroxylation is 1. The van der Waals surface area contributed by atoms with Crippen LogP contribution in [0.4, 0.5) is 17.1 Å². The Kier molecular flexibility index (Phi) is 5.81. The molecule has 27 heavy (non-hydrogen) atoms. The number of carbonyl (C=O) groups is 1. The first-order chi connectivity index (χ1) is 12.4. The van der Waals surface area contributed by atoms with Crippen molar-refractivity contribution in [3.8, 4) is 0 Å². The maximum atomic E-state index is 12.5. The molecule has 8 nitrogen and oxygen atoms in total. The maximum absolute atomic E-state index is 12.5. The van der Waals surface area contributed by atoms with E-state index in [1.54, 1.807) is 37.3 Å². The molecular weight excluding hydrogens is 390 g/mol. The normalized spacial score (nSPS) is 11.7. The van der Waals surface area contributed by atoms with Gasteiger partial charge in [-0.1, -0.05) is 12.1 Å². The van der Waals surface area contributed by atoms with Crippen LogP contribution < -0.4 is 14.3 Å². The summed E-state index contributed by atoms with van der Waals surface area (Å²) in [5.41, 5.74) is 2.06. The molecule has 0 fully saturated rings. The molecule has 0 saturated carbocycles. The number of amides is 1. The van der Waals surface area contributed by atoms with E-state index in [4.69, 9.17) is 0 Å². The standard InChI is InChI=1S/C17H21N3O5S2/c1-12-8-9-13(10-16(12)19-26(3,22)23)17(21)18-14-6-5-7-15(11-14)20(2)27(4,24)25/h5-11,19H,1-4H3,(H,18,21). The summed E-state index contributed by atoms with van der Waals surface area (Å²) in [5, 5.41) is 2.68. The van der Waals surface area contributed by atoms with E-state index in [1.165, 1.54) is 19.2 Å². The van der Waals surface area contributed by atoms with Crippen LogP contribution in [0.1, 0.15) is 15.9 Å². The van der Waals surface area contributed by atoms with Gasteiger partial charge in [0.15, 0.2) is 0 Å². The molecule has 0 aliphatic heterocycles. The average Bonchev–Trinajstić information content (AvgIpc) is 2.54. The number of nitrogens with one attached hydrogen (secondary N) is 2. The number of benzene rings is 2. The van der Waals surface area contributed by atoms with Gasteiger partial charge in [0.1, 0.15) is 0 Å². The molecule has 0 aromatic heterocycles. The van der Waals surface area contributed by atoms with Crippen molar-refractivity contribution in [2.75, 3.05) is 33.9 Å². The van der Waals surface area contributed by atoms with Gasteiger partial charge in [-0.05, 0) is 42.8 Å². The third-order valence-electron chi connectivity index (χ3n) is 3.76. The lowest BCUT2D eigenvalue weighted by molar-refractivity contribution is 0.102. The predicted molar refractivity (Wildman–Crippen MR) is 107 cm³/mol. The van der Waals surface area contributed by atoms with E-state index in [0.717, 1.165) is 16.8 Å². The Balaban J connectivity index is 2.27. The van der Waals surface area contributed by atoms with Gasteiger partial charge in [-0.15, -0.1) is 0 Å². The third kappa shape index (κ3) is 5.69. The Morgan fingerprint density at radius 3 is 2.26 bits per heavy atom. The van der Waals surface area contributed by atoms with Crippen LogP contribution in [0.15, 0.2) is 42.5 Å². The largest absolute Gasteiger partial charge is 0.322 e. The summed E-state index contributed by atoms with van der Waals surface area (Å²) in [5.74, 6) is -0.453. The lowest BCUT2D eigenvalue weighted by Crippen LogP contribution is -2.24. The average molecular weight is 412 g/mol. The van der Waals surface area contributed by atoms with E-state index in [2.05, 4.69) is 10.0 Å². The van der Waals surface area contributed by atoms with Gasteiger partial charge >= 0.3 is 0 Å². The molecule has 146 valence electrons. The van der Waals surface area contributed by atoms with E-state index >= 15 is 0 Å². The molecule has 1 amide bonds. The van der Waals surface area contributed by atoms with Crippen LogP contribution in [-0.2, 0) is 20.0 Å². The highest BCUT2D eigenvalue weighted by molar-refractivity contribution is 7.92. The number of carbonyl (C=O) groups excluding carboxylic acids is 1. The number of nitrogens with zero attached hydrogens (tertiary/aromatic N) is 1. The van der Waals surface area contributed by atoms with Crippen LogP contribution >= 0.6 is 0 Å². The van der Waals surface area contributed by atoms with Gasteiger partial charge in [-0.3, -0.25) is 13.8 Å². The molecule has 10 heteroatoms. The van der Waals surface area contributed by atoms with E-state index < -0.39 is 26.0 Å². The van der Waals surface area contributed by atoms with Crippen LogP contribution in [0.2, 0.25) is 0 Å². The third-order valence-corrected chi connectivity index (χ3v) is 5.56. The van der Waals surface area contributed by atoms with Gasteiger partial charge in [-0.2, -0.15) is 0 Å². The number of rotatable bonds is 6. The summed E-state index contributed by atoms with van der Waals surface area (Å²) in [4.78, 5) is 12.5. The second-order valence-corrected chi connectivity index (χ2v) is 9.90. The molecule has 2 aromatic carbocycles. The summed E-state index contributed by atoms with van der Waals surface area (Å²) in [6.07, 6.45) is 2.11. The SMILES string of the molecule is Cc1ccc(C(=O)Nc2cccc(N(C)S(C)(=O)=O)c2)cc1NS(C)(=O)=O. The van der Waals surface area contributed by atoms with E-state index in [0.29, 0.717) is 22.6 Å². The molecule has 0 aliphatic rings. The molecule has 0 atom stereocenters. The quantitative estimate of drug-likeness (QED) is 0.755. The summed E-state index contributed by atoms with van der Waals surface area (Å²) in [6.45, 7) is 1.72. The monoisotopic (exact) mass is 411 g/mol. The molecule has 0 bridgehead atoms. The molecule has 2 N–H and O–H groups in total. The van der Waals surface area contributed by atoms with Crippen molar-refractivity contribution < 1.29 is 21.6 Å². The Morgan fingerprint density at radius 1 is 1.00 bits per heavy atom. The van der Waals surface area contributed by atoms with Crippen molar-refractivity contribution in [3.05, 3.63) is 53.6 Å². The maximum Gasteiger partial charge on any atom is 0.255 e. The number of sulfonamides is 2. The van der Waals surface area contributed by atoms with Crippen LogP contribution in [-0.4, -0.2) is 42.3 Å². The summed E-state index contributed by atoms with van der Waals surface area (Å²) >= 11 is 0. The Labute approximate surface area is 159 Å². The molecule has 0 unspecified atom stereocenters. The molecule has 2 rings (SSSR count). The zero-order chi connectivity index (χ0) is 20.4. The van der Waals surface area contributed by atoms with E-state index in [1.807, 2.05) is 0 Å². The number of hydrogen-bond acceptors (Lipinski definition) is 5. The number of hydrogen-bond donors (Lipinski definition) is 2. The molecule has 0 radical (unpaired) electrons. The van der Waals surface area contributed by atoms with Gasteiger partial charge < -0.3 is 5.32 Å². The Bertz CT molecular complexity index is 1080. The summed E-state index contributed by atoms with van der Waals surface area (Å²) < 4.78 is 49.7. The van der Waals surface area contributed by atoms with Crippen LogP contribution in [0, 0.1) is 6.92 Å². The molecule has 0 aliphatic carbocycles. The highest BCUT2D eigenvalue weighted by Crippen LogP contribution is 2.22. The second kappa shape index (κ2) is 7.57. The molecular formula is C17H21N3O5S2. The molecule has 0 heterocycles. The van der Waals surface area contributed by atoms with Crippen LogP contribution in [0.5, 0.6) is 0 Å². The minimum atomic E-state index is -3.47. The van der Waals surface area contributed by atoms with Gasteiger partial charge in [0, 0.05) is 18.3 Å². The Morgan fingerprint density at radius 2 is 1.67 bits per heavy atom. The molecule has 0 saturated heterocycles. The van der Waals surface area contributed by atoms with Crippen LogP contribution in [0.3, 0.4) is 0 Å². The van der Waals surface area contributed by atoms with E-state index in [9.17, 15) is 21.6 Å². The summed E-state index contributed by atoms with van der Waals surface area (Å²) in [7, 11) is -5.48. The first-order valence-corrected chi connectivity index (χ1v) is 11.5. The molecule has 0 spiro atoms.